The minimum Gasteiger partial charge on any atom is -0.229 e. The number of hydrogen-bond donors (Lipinski definition) is 0. The van der Waals surface area contributed by atoms with Gasteiger partial charge >= 0.3 is 0 Å². The van der Waals surface area contributed by atoms with Crippen LogP contribution in [0.2, 0.25) is 0 Å². The Kier molecular flexibility index (Phi) is 15.3. The van der Waals surface area contributed by atoms with E-state index in [0.29, 0.717) is 18.0 Å². The maximum Gasteiger partial charge on any atom is 0.150 e. The lowest BCUT2D eigenvalue weighted by Crippen LogP contribution is -2.16. The first-order chi connectivity index (χ1) is 11.0. The summed E-state index contributed by atoms with van der Waals surface area (Å²) < 4.78 is 36.5. The van der Waals surface area contributed by atoms with Crippen molar-refractivity contribution in [1.82, 2.24) is 5.12 Å². The highest BCUT2D eigenvalue weighted by Crippen LogP contribution is 2.11. The summed E-state index contributed by atoms with van der Waals surface area (Å²) in [4.78, 5) is 0. The highest BCUT2D eigenvalue weighted by Gasteiger charge is 2.10. The first kappa shape index (κ1) is 22.8. The van der Waals surface area contributed by atoms with Crippen LogP contribution in [0.5, 0.6) is 0 Å². The molecule has 0 fully saturated rings. The lowest BCUT2D eigenvalue weighted by atomic mass is 10.1. The zero-order chi connectivity index (χ0) is 17.4. The SMILES string of the molecule is [CH2]CN(F)CCCCS(=O)(=O)CCCCCCCCCCCC. The zero-order valence-corrected chi connectivity index (χ0v) is 15.9. The molecule has 3 nitrogen and oxygen atoms in total. The monoisotopic (exact) mass is 350 g/mol. The smallest absolute Gasteiger partial charge is 0.150 e. The molecule has 0 rings (SSSR count). The molecule has 0 amide bonds. The summed E-state index contributed by atoms with van der Waals surface area (Å²) in [7, 11) is -2.95. The quantitative estimate of drug-likeness (QED) is 0.270. The van der Waals surface area contributed by atoms with Crippen molar-refractivity contribution in [1.29, 1.82) is 0 Å². The molecule has 0 atom stereocenters. The Balaban J connectivity index is 3.42. The summed E-state index contributed by atoms with van der Waals surface area (Å²) >= 11 is 0. The molecule has 0 bridgehead atoms. The fraction of sp³-hybridized carbons (Fsp3) is 0.944. The minimum atomic E-state index is -2.95. The van der Waals surface area contributed by atoms with E-state index in [0.717, 1.165) is 19.3 Å². The molecule has 0 aromatic carbocycles. The van der Waals surface area contributed by atoms with Crippen LogP contribution in [0.15, 0.2) is 0 Å². The average molecular weight is 351 g/mol. The van der Waals surface area contributed by atoms with Gasteiger partial charge in [-0.05, 0) is 26.2 Å². The molecule has 0 aromatic heterocycles. The predicted octanol–water partition coefficient (Wildman–Crippen LogP) is 5.12. The summed E-state index contributed by atoms with van der Waals surface area (Å²) in [6, 6.07) is 0. The third kappa shape index (κ3) is 16.5. The maximum absolute atomic E-state index is 12.8. The van der Waals surface area contributed by atoms with Gasteiger partial charge in [0.15, 0.2) is 0 Å². The number of halogens is 1. The van der Waals surface area contributed by atoms with Gasteiger partial charge in [-0.2, -0.15) is 0 Å². The van der Waals surface area contributed by atoms with Crippen molar-refractivity contribution in [2.45, 2.75) is 84.0 Å². The molecule has 139 valence electrons. The molecule has 0 aliphatic heterocycles. The van der Waals surface area contributed by atoms with Crippen molar-refractivity contribution in [3.8, 4) is 0 Å². The van der Waals surface area contributed by atoms with Gasteiger partial charge in [-0.3, -0.25) is 0 Å². The Hall–Kier alpha value is -0.160. The highest BCUT2D eigenvalue weighted by molar-refractivity contribution is 7.91. The molecule has 0 aliphatic rings. The third-order valence-corrected chi connectivity index (χ3v) is 5.98. The van der Waals surface area contributed by atoms with E-state index in [1.165, 1.54) is 44.9 Å². The van der Waals surface area contributed by atoms with E-state index in [1.54, 1.807) is 0 Å². The second-order valence-electron chi connectivity index (χ2n) is 6.45. The second-order valence-corrected chi connectivity index (χ2v) is 8.75. The molecular formula is C18H37FNO2S. The number of sulfone groups is 1. The standard InChI is InChI=1S/C18H37FNO2S/c1-3-5-6-7-8-9-10-11-12-14-17-23(21,22)18-15-13-16-20(19)4-2/h2-18H2,1H3. The summed E-state index contributed by atoms with van der Waals surface area (Å²) in [6.45, 7) is 6.06. The average Bonchev–Trinajstić information content (AvgIpc) is 2.53. The van der Waals surface area contributed by atoms with Crippen molar-refractivity contribution in [2.24, 2.45) is 0 Å². The van der Waals surface area contributed by atoms with E-state index in [1.807, 2.05) is 0 Å². The van der Waals surface area contributed by atoms with Gasteiger partial charge < -0.3 is 0 Å². The van der Waals surface area contributed by atoms with Gasteiger partial charge in [-0.25, -0.2) is 8.42 Å². The first-order valence-electron chi connectivity index (χ1n) is 9.42. The minimum absolute atomic E-state index is 0.116. The molecule has 0 aliphatic carbocycles. The summed E-state index contributed by atoms with van der Waals surface area (Å²) in [5, 5.41) is 0.620. The first-order valence-corrected chi connectivity index (χ1v) is 11.2. The molecule has 0 N–H and O–H groups in total. The van der Waals surface area contributed by atoms with Gasteiger partial charge in [0.05, 0.1) is 11.5 Å². The van der Waals surface area contributed by atoms with Crippen LogP contribution in [0, 0.1) is 6.92 Å². The van der Waals surface area contributed by atoms with Crippen LogP contribution < -0.4 is 0 Å². The van der Waals surface area contributed by atoms with Gasteiger partial charge in [-0.1, -0.05) is 64.7 Å². The van der Waals surface area contributed by atoms with Crippen LogP contribution >= 0.6 is 0 Å². The van der Waals surface area contributed by atoms with Gasteiger partial charge in [0.1, 0.15) is 9.84 Å². The van der Waals surface area contributed by atoms with Crippen molar-refractivity contribution < 1.29 is 12.9 Å². The molecule has 23 heavy (non-hydrogen) atoms. The predicted molar refractivity (Wildman–Crippen MR) is 97.8 cm³/mol. The van der Waals surface area contributed by atoms with Crippen LogP contribution in [-0.4, -0.2) is 38.1 Å². The van der Waals surface area contributed by atoms with Crippen LogP contribution in [0.4, 0.5) is 4.48 Å². The molecule has 0 aromatic rings. The van der Waals surface area contributed by atoms with Crippen molar-refractivity contribution in [2.75, 3.05) is 24.6 Å². The number of unbranched alkanes of at least 4 members (excludes halogenated alkanes) is 10. The Labute approximate surface area is 143 Å². The summed E-state index contributed by atoms with van der Waals surface area (Å²) in [6.07, 6.45) is 13.2. The third-order valence-electron chi connectivity index (χ3n) is 4.16. The van der Waals surface area contributed by atoms with Crippen LogP contribution in [0.3, 0.4) is 0 Å². The van der Waals surface area contributed by atoms with Crippen molar-refractivity contribution >= 4 is 9.84 Å². The van der Waals surface area contributed by atoms with Crippen LogP contribution in [-0.2, 0) is 9.84 Å². The van der Waals surface area contributed by atoms with Crippen molar-refractivity contribution in [3.63, 3.8) is 0 Å². The Morgan fingerprint density at radius 2 is 1.22 bits per heavy atom. The highest BCUT2D eigenvalue weighted by atomic mass is 32.2. The fourth-order valence-electron chi connectivity index (χ4n) is 2.63. The number of rotatable bonds is 17. The lowest BCUT2D eigenvalue weighted by Gasteiger charge is -2.08. The van der Waals surface area contributed by atoms with E-state index in [-0.39, 0.29) is 24.6 Å². The Morgan fingerprint density at radius 3 is 1.70 bits per heavy atom. The molecule has 0 unspecified atom stereocenters. The van der Waals surface area contributed by atoms with E-state index in [2.05, 4.69) is 13.8 Å². The van der Waals surface area contributed by atoms with Gasteiger partial charge in [-0.15, -0.1) is 9.60 Å². The van der Waals surface area contributed by atoms with Crippen molar-refractivity contribution in [3.05, 3.63) is 6.92 Å². The molecule has 0 saturated carbocycles. The second kappa shape index (κ2) is 15.4. The fourth-order valence-corrected chi connectivity index (χ4v) is 4.12. The largest absolute Gasteiger partial charge is 0.229 e. The van der Waals surface area contributed by atoms with Crippen LogP contribution in [0.1, 0.15) is 84.0 Å². The normalized spacial score (nSPS) is 12.2. The molecule has 1 radical (unpaired) electrons. The molecule has 0 spiro atoms. The zero-order valence-electron chi connectivity index (χ0n) is 15.1. The maximum atomic E-state index is 12.8. The summed E-state index contributed by atoms with van der Waals surface area (Å²) in [5.74, 6) is 0.480. The van der Waals surface area contributed by atoms with Gasteiger partial charge in [0.25, 0.3) is 0 Å². The topological polar surface area (TPSA) is 37.4 Å². The molecular weight excluding hydrogens is 313 g/mol. The lowest BCUT2D eigenvalue weighted by molar-refractivity contribution is 0.0379. The Morgan fingerprint density at radius 1 is 0.783 bits per heavy atom. The van der Waals surface area contributed by atoms with Gasteiger partial charge in [0.2, 0.25) is 0 Å². The van der Waals surface area contributed by atoms with Gasteiger partial charge in [0, 0.05) is 13.1 Å². The molecule has 0 heterocycles. The molecule has 5 heteroatoms. The number of hydrogen-bond acceptors (Lipinski definition) is 3. The van der Waals surface area contributed by atoms with E-state index >= 15 is 0 Å². The summed E-state index contributed by atoms with van der Waals surface area (Å²) in [5.41, 5.74) is 0. The Bertz CT molecular complexity index is 347. The van der Waals surface area contributed by atoms with E-state index in [9.17, 15) is 12.9 Å². The molecule has 0 saturated heterocycles. The number of nitrogens with zero attached hydrogens (tertiary/aromatic N) is 1. The van der Waals surface area contributed by atoms with Crippen LogP contribution in [0.25, 0.3) is 0 Å². The van der Waals surface area contributed by atoms with E-state index < -0.39 is 9.84 Å². The van der Waals surface area contributed by atoms with E-state index in [4.69, 9.17) is 0 Å².